The first-order chi connectivity index (χ1) is 16.3. The highest BCUT2D eigenvalue weighted by molar-refractivity contribution is 5.69. The average Bonchev–Trinajstić information content (AvgIpc) is 3.15. The highest BCUT2D eigenvalue weighted by atomic mass is 16.5. The van der Waals surface area contributed by atoms with Crippen molar-refractivity contribution in [3.8, 4) is 0 Å². The molecule has 0 aliphatic heterocycles. The van der Waals surface area contributed by atoms with E-state index in [4.69, 9.17) is 14.2 Å². The first-order valence-electron chi connectivity index (χ1n) is 13.2. The Hall–Kier alpha value is -2.11. The molecule has 1 aliphatic rings. The summed E-state index contributed by atoms with van der Waals surface area (Å²) in [5.74, 6) is 0.408. The van der Waals surface area contributed by atoms with E-state index in [1.165, 1.54) is 19.4 Å². The molecule has 0 heterocycles. The van der Waals surface area contributed by atoms with Crippen molar-refractivity contribution in [3.05, 3.63) is 23.5 Å². The molecule has 1 rings (SSSR count). The van der Waals surface area contributed by atoms with Gasteiger partial charge >= 0.3 is 17.9 Å². The van der Waals surface area contributed by atoms with Crippen molar-refractivity contribution >= 4 is 17.9 Å². The summed E-state index contributed by atoms with van der Waals surface area (Å²) in [7, 11) is 0. The summed E-state index contributed by atoms with van der Waals surface area (Å²) in [6.07, 6.45) is 14.9. The van der Waals surface area contributed by atoms with Gasteiger partial charge in [0.25, 0.3) is 0 Å². The number of rotatable bonds is 16. The molecule has 0 amide bonds. The van der Waals surface area contributed by atoms with E-state index >= 15 is 0 Å². The van der Waals surface area contributed by atoms with Gasteiger partial charge in [0.1, 0.15) is 11.9 Å². The highest BCUT2D eigenvalue weighted by Gasteiger charge is 2.33. The van der Waals surface area contributed by atoms with E-state index in [0.29, 0.717) is 18.8 Å². The summed E-state index contributed by atoms with van der Waals surface area (Å²) >= 11 is 0. The van der Waals surface area contributed by atoms with Gasteiger partial charge in [-0.25, -0.2) is 0 Å². The molecule has 1 saturated carbocycles. The molecule has 0 aromatic carbocycles. The van der Waals surface area contributed by atoms with Gasteiger partial charge in [-0.3, -0.25) is 14.4 Å². The minimum atomic E-state index is -0.299. The molecule has 6 nitrogen and oxygen atoms in total. The van der Waals surface area contributed by atoms with Crippen LogP contribution >= 0.6 is 0 Å². The third-order valence-electron chi connectivity index (χ3n) is 6.27. The Labute approximate surface area is 206 Å². The molecule has 0 N–H and O–H groups in total. The number of hydrogen-bond donors (Lipinski definition) is 0. The fourth-order valence-corrected chi connectivity index (χ4v) is 4.45. The maximum absolute atomic E-state index is 11.6. The maximum Gasteiger partial charge on any atom is 0.307 e. The molecule has 6 heteroatoms. The van der Waals surface area contributed by atoms with E-state index in [2.05, 4.69) is 19.9 Å². The standard InChI is InChI=1S/C28H46O6/c1-6-8-13-21(3)26(33-22(4)29)18-16-24-17-19-27(34-23(5)30)25(24)14-11-9-10-12-15-28(31)32-20-7-2/h16,18,21,25,27H,6-15,17,19-20H2,1-5H3/t21?,25-,27-/m1/s1. The second-order valence-corrected chi connectivity index (χ2v) is 9.41. The number of hydrogen-bond acceptors (Lipinski definition) is 6. The molecular formula is C28H46O6. The third-order valence-corrected chi connectivity index (χ3v) is 6.27. The molecule has 34 heavy (non-hydrogen) atoms. The Morgan fingerprint density at radius 2 is 1.74 bits per heavy atom. The minimum absolute atomic E-state index is 0.101. The molecule has 1 fully saturated rings. The van der Waals surface area contributed by atoms with E-state index in [0.717, 1.165) is 70.6 Å². The molecule has 1 aliphatic carbocycles. The number of allylic oxidation sites excluding steroid dienone is 3. The normalized spacial score (nSPS) is 20.3. The van der Waals surface area contributed by atoms with Crippen molar-refractivity contribution in [1.29, 1.82) is 0 Å². The average molecular weight is 479 g/mol. The summed E-state index contributed by atoms with van der Waals surface area (Å²) in [6, 6.07) is 0. The molecule has 1 unspecified atom stereocenters. The number of unbranched alkanes of at least 4 members (excludes halogenated alkanes) is 4. The molecule has 0 bridgehead atoms. The van der Waals surface area contributed by atoms with Crippen LogP contribution in [0.2, 0.25) is 0 Å². The van der Waals surface area contributed by atoms with E-state index in [1.807, 2.05) is 13.0 Å². The summed E-state index contributed by atoms with van der Waals surface area (Å²) < 4.78 is 16.3. The Balaban J connectivity index is 2.74. The zero-order valence-corrected chi connectivity index (χ0v) is 22.0. The van der Waals surface area contributed by atoms with Crippen molar-refractivity contribution in [1.82, 2.24) is 0 Å². The van der Waals surface area contributed by atoms with Crippen LogP contribution in [0.1, 0.15) is 112 Å². The maximum atomic E-state index is 11.6. The monoisotopic (exact) mass is 478 g/mol. The first kappa shape index (κ1) is 29.9. The Morgan fingerprint density at radius 1 is 1.00 bits per heavy atom. The fraction of sp³-hybridized carbons (Fsp3) is 0.750. The van der Waals surface area contributed by atoms with Crippen LogP contribution < -0.4 is 0 Å². The second kappa shape index (κ2) is 17.3. The van der Waals surface area contributed by atoms with Crippen molar-refractivity contribution in [3.63, 3.8) is 0 Å². The van der Waals surface area contributed by atoms with Gasteiger partial charge in [-0.05, 0) is 44.6 Å². The SMILES string of the molecule is CCCCC(C)C(=CC=C1CC[C@@H](OC(C)=O)[C@@H]1CCCCCCC(=O)OCCC)OC(C)=O. The van der Waals surface area contributed by atoms with E-state index in [9.17, 15) is 14.4 Å². The lowest BCUT2D eigenvalue weighted by Gasteiger charge is -2.21. The van der Waals surface area contributed by atoms with Crippen molar-refractivity contribution in [2.45, 2.75) is 118 Å². The summed E-state index contributed by atoms with van der Waals surface area (Å²) in [5, 5.41) is 0. The van der Waals surface area contributed by atoms with Gasteiger partial charge in [-0.15, -0.1) is 0 Å². The van der Waals surface area contributed by atoms with Crippen LogP contribution in [0.5, 0.6) is 0 Å². The molecule has 0 aromatic rings. The molecule has 0 radical (unpaired) electrons. The van der Waals surface area contributed by atoms with Crippen LogP contribution in [0.15, 0.2) is 23.5 Å². The number of carbonyl (C=O) groups excluding carboxylic acids is 3. The summed E-state index contributed by atoms with van der Waals surface area (Å²) in [5.41, 5.74) is 1.25. The lowest BCUT2D eigenvalue weighted by molar-refractivity contribution is -0.148. The summed E-state index contributed by atoms with van der Waals surface area (Å²) in [4.78, 5) is 34.9. The predicted octanol–water partition coefficient (Wildman–Crippen LogP) is 6.82. The van der Waals surface area contributed by atoms with Gasteiger partial charge in [-0.1, -0.05) is 64.5 Å². The second-order valence-electron chi connectivity index (χ2n) is 9.41. The largest absolute Gasteiger partial charge is 0.466 e. The number of carbonyl (C=O) groups is 3. The van der Waals surface area contributed by atoms with Crippen molar-refractivity contribution in [2.75, 3.05) is 6.61 Å². The van der Waals surface area contributed by atoms with Gasteiger partial charge in [0, 0.05) is 32.1 Å². The lowest BCUT2D eigenvalue weighted by atomic mass is 9.92. The predicted molar refractivity (Wildman–Crippen MR) is 134 cm³/mol. The van der Waals surface area contributed by atoms with Gasteiger partial charge < -0.3 is 14.2 Å². The van der Waals surface area contributed by atoms with Crippen molar-refractivity contribution < 1.29 is 28.6 Å². The quantitative estimate of drug-likeness (QED) is 0.105. The molecule has 0 saturated heterocycles. The molecular weight excluding hydrogens is 432 g/mol. The number of esters is 3. The Kier molecular flexibility index (Phi) is 15.3. The molecule has 0 aromatic heterocycles. The van der Waals surface area contributed by atoms with Gasteiger partial charge in [-0.2, -0.15) is 0 Å². The van der Waals surface area contributed by atoms with Crippen molar-refractivity contribution in [2.24, 2.45) is 11.8 Å². The van der Waals surface area contributed by atoms with E-state index < -0.39 is 0 Å². The van der Waals surface area contributed by atoms with Crippen LogP contribution in [0, 0.1) is 11.8 Å². The zero-order valence-electron chi connectivity index (χ0n) is 22.0. The lowest BCUT2D eigenvalue weighted by Crippen LogP contribution is -2.21. The van der Waals surface area contributed by atoms with Crippen LogP contribution in [0.4, 0.5) is 0 Å². The topological polar surface area (TPSA) is 78.9 Å². The first-order valence-corrected chi connectivity index (χ1v) is 13.2. The van der Waals surface area contributed by atoms with Crippen LogP contribution in [-0.2, 0) is 28.6 Å². The fourth-order valence-electron chi connectivity index (χ4n) is 4.45. The minimum Gasteiger partial charge on any atom is -0.466 e. The Morgan fingerprint density at radius 3 is 2.38 bits per heavy atom. The van der Waals surface area contributed by atoms with E-state index in [-0.39, 0.29) is 35.8 Å². The van der Waals surface area contributed by atoms with Gasteiger partial charge in [0.2, 0.25) is 0 Å². The van der Waals surface area contributed by atoms with Gasteiger partial charge in [0.15, 0.2) is 0 Å². The smallest absolute Gasteiger partial charge is 0.307 e. The molecule has 3 atom stereocenters. The van der Waals surface area contributed by atoms with Gasteiger partial charge in [0.05, 0.1) is 6.61 Å². The molecule has 194 valence electrons. The Bertz CT molecular complexity index is 693. The van der Waals surface area contributed by atoms with Crippen LogP contribution in [0.3, 0.4) is 0 Å². The van der Waals surface area contributed by atoms with E-state index in [1.54, 1.807) is 0 Å². The summed E-state index contributed by atoms with van der Waals surface area (Å²) in [6.45, 7) is 9.63. The molecule has 0 spiro atoms. The zero-order chi connectivity index (χ0) is 25.3. The highest BCUT2D eigenvalue weighted by Crippen LogP contribution is 2.38. The third kappa shape index (κ3) is 12.4. The van der Waals surface area contributed by atoms with Crippen LogP contribution in [-0.4, -0.2) is 30.6 Å². The van der Waals surface area contributed by atoms with Crippen LogP contribution in [0.25, 0.3) is 0 Å². The number of ether oxygens (including phenoxy) is 3.